The minimum Gasteiger partial charge on any atom is -0.299 e. The van der Waals surface area contributed by atoms with Crippen molar-refractivity contribution >= 4 is 11.9 Å². The van der Waals surface area contributed by atoms with Gasteiger partial charge in [-0.05, 0) is 43.5 Å². The van der Waals surface area contributed by atoms with Gasteiger partial charge >= 0.3 is 0 Å². The van der Waals surface area contributed by atoms with Gasteiger partial charge in [-0.3, -0.25) is 4.79 Å². The molecule has 0 aliphatic carbocycles. The molecule has 0 spiro atoms. The quantitative estimate of drug-likeness (QED) is 0.497. The van der Waals surface area contributed by atoms with E-state index in [1.807, 2.05) is 6.92 Å². The van der Waals surface area contributed by atoms with Crippen molar-refractivity contribution in [3.05, 3.63) is 41.0 Å². The van der Waals surface area contributed by atoms with Crippen LogP contribution in [-0.2, 0) is 4.79 Å². The van der Waals surface area contributed by atoms with Crippen molar-refractivity contribution < 1.29 is 4.79 Å². The third-order valence-corrected chi connectivity index (χ3v) is 2.12. The van der Waals surface area contributed by atoms with Crippen LogP contribution in [-0.4, -0.2) is 6.29 Å². The number of aldehydes is 1. The maximum atomic E-state index is 10.3. The lowest BCUT2D eigenvalue weighted by Crippen LogP contribution is -1.87. The molecule has 0 bridgehead atoms. The van der Waals surface area contributed by atoms with Crippen LogP contribution in [0, 0.1) is 13.8 Å². The maximum absolute atomic E-state index is 10.3. The van der Waals surface area contributed by atoms with Gasteiger partial charge in [0.25, 0.3) is 0 Å². The molecule has 0 aromatic heterocycles. The Hall–Kier alpha value is -1.37. The molecule has 0 atom stereocenters. The fourth-order valence-corrected chi connectivity index (χ4v) is 1.45. The van der Waals surface area contributed by atoms with Crippen LogP contribution in [0.25, 0.3) is 5.57 Å². The van der Waals surface area contributed by atoms with Crippen LogP contribution in [0.2, 0.25) is 0 Å². The van der Waals surface area contributed by atoms with Crippen molar-refractivity contribution in [2.45, 2.75) is 20.8 Å². The summed E-state index contributed by atoms with van der Waals surface area (Å²) < 4.78 is 0. The van der Waals surface area contributed by atoms with E-state index in [2.05, 4.69) is 32.0 Å². The molecule has 1 nitrogen and oxygen atoms in total. The number of carbonyl (C=O) groups excluding carboxylic acids is 1. The Kier molecular flexibility index (Phi) is 3.02. The lowest BCUT2D eigenvalue weighted by molar-refractivity contribution is -0.104. The average Bonchev–Trinajstić information content (AvgIpc) is 2.04. The molecule has 0 radical (unpaired) electrons. The number of aryl methyl sites for hydroxylation is 2. The van der Waals surface area contributed by atoms with Gasteiger partial charge in [0.2, 0.25) is 0 Å². The lowest BCUT2D eigenvalue weighted by atomic mass is 10.00. The SMILES string of the molecule is C/C(=C\C=O)c1ccc(C)cc1C. The molecule has 0 saturated heterocycles. The van der Waals surface area contributed by atoms with Crippen LogP contribution in [0.1, 0.15) is 23.6 Å². The van der Waals surface area contributed by atoms with E-state index in [-0.39, 0.29) is 0 Å². The minimum absolute atomic E-state index is 0.828. The Balaban J connectivity index is 3.15. The molecule has 1 aromatic rings. The molecule has 0 aliphatic heterocycles. The van der Waals surface area contributed by atoms with Crippen molar-refractivity contribution in [2.75, 3.05) is 0 Å². The molecule has 1 rings (SSSR count). The second kappa shape index (κ2) is 4.04. The van der Waals surface area contributed by atoms with Crippen molar-refractivity contribution in [3.63, 3.8) is 0 Å². The molecule has 68 valence electrons. The maximum Gasteiger partial charge on any atom is 0.143 e. The van der Waals surface area contributed by atoms with E-state index >= 15 is 0 Å². The largest absolute Gasteiger partial charge is 0.299 e. The van der Waals surface area contributed by atoms with Crippen LogP contribution >= 0.6 is 0 Å². The zero-order valence-electron chi connectivity index (χ0n) is 8.29. The fraction of sp³-hybridized carbons (Fsp3) is 0.250. The minimum atomic E-state index is 0.828. The zero-order chi connectivity index (χ0) is 9.84. The number of hydrogen-bond acceptors (Lipinski definition) is 1. The molecule has 0 unspecified atom stereocenters. The van der Waals surface area contributed by atoms with Gasteiger partial charge in [-0.2, -0.15) is 0 Å². The average molecular weight is 174 g/mol. The van der Waals surface area contributed by atoms with E-state index in [9.17, 15) is 4.79 Å². The van der Waals surface area contributed by atoms with E-state index in [4.69, 9.17) is 0 Å². The highest BCUT2D eigenvalue weighted by molar-refractivity contribution is 5.81. The Labute approximate surface area is 79.1 Å². The van der Waals surface area contributed by atoms with Crippen LogP contribution in [0.15, 0.2) is 24.3 Å². The molecule has 0 heterocycles. The molecular weight excluding hydrogens is 160 g/mol. The van der Waals surface area contributed by atoms with Crippen molar-refractivity contribution in [1.82, 2.24) is 0 Å². The highest BCUT2D eigenvalue weighted by Gasteiger charge is 1.99. The summed E-state index contributed by atoms with van der Waals surface area (Å²) in [6.45, 7) is 6.08. The fourth-order valence-electron chi connectivity index (χ4n) is 1.45. The number of carbonyl (C=O) groups is 1. The Morgan fingerprint density at radius 3 is 2.54 bits per heavy atom. The van der Waals surface area contributed by atoms with Crippen LogP contribution < -0.4 is 0 Å². The second-order valence-electron chi connectivity index (χ2n) is 3.30. The number of hydrogen-bond donors (Lipinski definition) is 0. The van der Waals surface area contributed by atoms with Gasteiger partial charge in [0, 0.05) is 0 Å². The van der Waals surface area contributed by atoms with Crippen LogP contribution in [0.3, 0.4) is 0 Å². The van der Waals surface area contributed by atoms with Gasteiger partial charge in [0.05, 0.1) is 0 Å². The van der Waals surface area contributed by atoms with E-state index in [1.165, 1.54) is 11.1 Å². The first-order chi connectivity index (χ1) is 6.15. The summed E-state index contributed by atoms with van der Waals surface area (Å²) in [6.07, 6.45) is 2.42. The lowest BCUT2D eigenvalue weighted by Gasteiger charge is -2.05. The molecule has 0 amide bonds. The molecule has 0 N–H and O–H groups in total. The molecule has 0 saturated carbocycles. The van der Waals surface area contributed by atoms with Crippen molar-refractivity contribution in [3.8, 4) is 0 Å². The highest BCUT2D eigenvalue weighted by atomic mass is 16.1. The van der Waals surface area contributed by atoms with Gasteiger partial charge in [0.15, 0.2) is 0 Å². The van der Waals surface area contributed by atoms with Crippen LogP contribution in [0.4, 0.5) is 0 Å². The predicted molar refractivity (Wildman–Crippen MR) is 55.6 cm³/mol. The number of benzene rings is 1. The standard InChI is InChI=1S/C12H14O/c1-9-4-5-12(11(3)8-9)10(2)6-7-13/h4-8H,1-3H3/b10-6+. The Morgan fingerprint density at radius 2 is 2.00 bits per heavy atom. The first-order valence-electron chi connectivity index (χ1n) is 4.35. The van der Waals surface area contributed by atoms with E-state index in [0.29, 0.717) is 0 Å². The van der Waals surface area contributed by atoms with E-state index in [1.54, 1.807) is 6.08 Å². The Morgan fingerprint density at radius 1 is 1.31 bits per heavy atom. The first kappa shape index (κ1) is 9.72. The first-order valence-corrected chi connectivity index (χ1v) is 4.35. The van der Waals surface area contributed by atoms with Crippen molar-refractivity contribution in [2.24, 2.45) is 0 Å². The topological polar surface area (TPSA) is 17.1 Å². The Bertz CT molecular complexity index is 348. The zero-order valence-corrected chi connectivity index (χ0v) is 8.29. The monoisotopic (exact) mass is 174 g/mol. The van der Waals surface area contributed by atoms with Gasteiger partial charge < -0.3 is 0 Å². The predicted octanol–water partition coefficient (Wildman–Crippen LogP) is 2.91. The highest BCUT2D eigenvalue weighted by Crippen LogP contribution is 2.18. The van der Waals surface area contributed by atoms with E-state index in [0.717, 1.165) is 17.4 Å². The van der Waals surface area contributed by atoms with Gasteiger partial charge in [-0.25, -0.2) is 0 Å². The van der Waals surface area contributed by atoms with Gasteiger partial charge in [0.1, 0.15) is 6.29 Å². The summed E-state index contributed by atoms with van der Waals surface area (Å²) in [4.78, 5) is 10.3. The van der Waals surface area contributed by atoms with Crippen molar-refractivity contribution in [1.29, 1.82) is 0 Å². The summed E-state index contributed by atoms with van der Waals surface area (Å²) in [5.74, 6) is 0. The summed E-state index contributed by atoms with van der Waals surface area (Å²) in [7, 11) is 0. The number of allylic oxidation sites excluding steroid dienone is 2. The smallest absolute Gasteiger partial charge is 0.143 e. The van der Waals surface area contributed by atoms with E-state index < -0.39 is 0 Å². The molecule has 0 aliphatic rings. The second-order valence-corrected chi connectivity index (χ2v) is 3.30. The van der Waals surface area contributed by atoms with Gasteiger partial charge in [-0.15, -0.1) is 0 Å². The molecule has 1 heteroatoms. The van der Waals surface area contributed by atoms with Gasteiger partial charge in [-0.1, -0.05) is 23.8 Å². The third kappa shape index (κ3) is 2.28. The number of rotatable bonds is 2. The van der Waals surface area contributed by atoms with Crippen LogP contribution in [0.5, 0.6) is 0 Å². The summed E-state index contributed by atoms with van der Waals surface area (Å²) in [5.41, 5.74) is 4.64. The molecule has 1 aromatic carbocycles. The summed E-state index contributed by atoms with van der Waals surface area (Å²) in [5, 5.41) is 0. The summed E-state index contributed by atoms with van der Waals surface area (Å²) in [6, 6.07) is 6.24. The molecular formula is C12H14O. The summed E-state index contributed by atoms with van der Waals surface area (Å²) >= 11 is 0. The molecule has 0 fully saturated rings. The normalized spacial score (nSPS) is 11.5. The third-order valence-electron chi connectivity index (χ3n) is 2.12. The molecule has 13 heavy (non-hydrogen) atoms.